The van der Waals surface area contributed by atoms with Crippen molar-refractivity contribution in [2.45, 2.75) is 107 Å². The van der Waals surface area contributed by atoms with E-state index in [-0.39, 0.29) is 17.9 Å². The molecule has 1 rings (SSSR count). The molecule has 1 aromatic carbocycles. The molecule has 0 fully saturated rings. The monoisotopic (exact) mass is 540 g/mol. The fourth-order valence-electron chi connectivity index (χ4n) is 4.04. The zero-order chi connectivity index (χ0) is 26.6. The number of aliphatic hydroxyl groups excluding tert-OH is 2. The topological polar surface area (TPSA) is 98.7 Å². The van der Waals surface area contributed by atoms with Crippen LogP contribution in [0.5, 0.6) is 0 Å². The second-order valence-corrected chi connectivity index (χ2v) is 11.2. The van der Waals surface area contributed by atoms with Gasteiger partial charge in [0.1, 0.15) is 0 Å². The van der Waals surface area contributed by atoms with E-state index in [0.717, 1.165) is 42.8 Å². The fourth-order valence-corrected chi connectivity index (χ4v) is 5.01. The van der Waals surface area contributed by atoms with Crippen LogP contribution in [0.3, 0.4) is 0 Å². The minimum Gasteiger partial charge on any atom is -0.393 e. The van der Waals surface area contributed by atoms with Gasteiger partial charge in [-0.1, -0.05) is 39.0 Å². The molecule has 0 aromatic heterocycles. The highest BCUT2D eigenvalue weighted by Gasteiger charge is 2.13. The van der Waals surface area contributed by atoms with Crippen LogP contribution in [0.4, 0.5) is 5.69 Å². The van der Waals surface area contributed by atoms with E-state index in [0.29, 0.717) is 43.5 Å². The zero-order valence-electron chi connectivity index (χ0n) is 22.5. The Morgan fingerprint density at radius 3 is 2.22 bits per heavy atom. The number of hydrogen-bond acceptors (Lipinski definition) is 6. The summed E-state index contributed by atoms with van der Waals surface area (Å²) in [6, 6.07) is 5.38. The summed E-state index contributed by atoms with van der Waals surface area (Å²) in [7, 11) is 0. The van der Waals surface area contributed by atoms with Gasteiger partial charge in [0.25, 0.3) is 5.91 Å². The Bertz CT molecular complexity index is 748. The third kappa shape index (κ3) is 15.1. The molecule has 8 heteroatoms. The van der Waals surface area contributed by atoms with Crippen molar-refractivity contribution in [1.29, 1.82) is 0 Å². The first-order valence-electron chi connectivity index (χ1n) is 13.5. The van der Waals surface area contributed by atoms with E-state index in [1.807, 2.05) is 18.6 Å². The molecule has 36 heavy (non-hydrogen) atoms. The first-order chi connectivity index (χ1) is 17.4. The van der Waals surface area contributed by atoms with Crippen molar-refractivity contribution in [2.75, 3.05) is 30.1 Å². The lowest BCUT2D eigenvalue weighted by Gasteiger charge is -2.14. The maximum atomic E-state index is 12.5. The second-order valence-electron chi connectivity index (χ2n) is 9.40. The molecule has 1 aromatic rings. The van der Waals surface area contributed by atoms with E-state index in [1.54, 1.807) is 23.9 Å². The normalized spacial score (nSPS) is 12.8. The molecule has 0 aliphatic rings. The number of carbonyl (C=O) groups excluding carboxylic acids is 2. The third-order valence-corrected chi connectivity index (χ3v) is 7.70. The first kappa shape index (κ1) is 32.8. The molecule has 4 N–H and O–H groups in total. The van der Waals surface area contributed by atoms with Crippen LogP contribution >= 0.6 is 23.5 Å². The van der Waals surface area contributed by atoms with Crippen LogP contribution in [0.2, 0.25) is 0 Å². The molecule has 0 heterocycles. The highest BCUT2D eigenvalue weighted by Crippen LogP contribution is 2.27. The van der Waals surface area contributed by atoms with Gasteiger partial charge in [0.05, 0.1) is 17.9 Å². The van der Waals surface area contributed by atoms with Crippen molar-refractivity contribution in [3.63, 3.8) is 0 Å². The molecular formula is C28H48N2O4S2. The summed E-state index contributed by atoms with van der Waals surface area (Å²) in [5, 5.41) is 26.2. The lowest BCUT2D eigenvalue weighted by Crippen LogP contribution is -2.25. The Labute approximate surface area is 227 Å². The van der Waals surface area contributed by atoms with Crippen LogP contribution < -0.4 is 10.6 Å². The molecule has 2 amide bonds. The molecule has 0 spiro atoms. The Hall–Kier alpha value is -1.22. The number of thioether (sulfide) groups is 2. The summed E-state index contributed by atoms with van der Waals surface area (Å²) in [5.41, 5.74) is 1.18. The van der Waals surface area contributed by atoms with Crippen LogP contribution in [0.25, 0.3) is 0 Å². The minimum absolute atomic E-state index is 0.117. The highest BCUT2D eigenvalue weighted by molar-refractivity contribution is 7.98. The highest BCUT2D eigenvalue weighted by atomic mass is 32.2. The Kier molecular flexibility index (Phi) is 19.0. The van der Waals surface area contributed by atoms with E-state index < -0.39 is 6.10 Å². The van der Waals surface area contributed by atoms with Crippen LogP contribution in [-0.4, -0.2) is 59.0 Å². The molecule has 2 unspecified atom stereocenters. The molecule has 0 aliphatic carbocycles. The fraction of sp³-hybridized carbons (Fsp3) is 0.714. The number of anilines is 1. The van der Waals surface area contributed by atoms with E-state index in [9.17, 15) is 19.8 Å². The number of nitrogens with one attached hydrogen (secondary N) is 2. The van der Waals surface area contributed by atoms with Crippen LogP contribution in [0.15, 0.2) is 23.1 Å². The molecule has 0 bridgehead atoms. The Balaban J connectivity index is 2.33. The summed E-state index contributed by atoms with van der Waals surface area (Å²) in [6.07, 6.45) is 14.7. The summed E-state index contributed by atoms with van der Waals surface area (Å²) in [4.78, 5) is 25.9. The number of benzene rings is 1. The van der Waals surface area contributed by atoms with Crippen molar-refractivity contribution in [2.24, 2.45) is 0 Å². The molecule has 0 radical (unpaired) electrons. The van der Waals surface area contributed by atoms with Crippen molar-refractivity contribution in [3.05, 3.63) is 23.8 Å². The summed E-state index contributed by atoms with van der Waals surface area (Å²) >= 11 is 3.27. The minimum atomic E-state index is -0.450. The molecule has 0 aliphatic heterocycles. The van der Waals surface area contributed by atoms with Gasteiger partial charge in [0.15, 0.2) is 0 Å². The van der Waals surface area contributed by atoms with Gasteiger partial charge in [-0.25, -0.2) is 0 Å². The lowest BCUT2D eigenvalue weighted by atomic mass is 10.0. The predicted molar refractivity (Wildman–Crippen MR) is 155 cm³/mol. The van der Waals surface area contributed by atoms with Gasteiger partial charge < -0.3 is 20.8 Å². The van der Waals surface area contributed by atoms with Crippen LogP contribution in [0.1, 0.15) is 101 Å². The van der Waals surface area contributed by atoms with Crippen molar-refractivity contribution >= 4 is 41.0 Å². The number of unbranched alkanes of at least 4 members (excludes halogenated alkanes) is 4. The van der Waals surface area contributed by atoms with Crippen molar-refractivity contribution < 1.29 is 19.8 Å². The van der Waals surface area contributed by atoms with Gasteiger partial charge >= 0.3 is 0 Å². The van der Waals surface area contributed by atoms with Crippen LogP contribution in [-0.2, 0) is 4.79 Å². The summed E-state index contributed by atoms with van der Waals surface area (Å²) < 4.78 is 0. The number of hydrogen-bond donors (Lipinski definition) is 4. The summed E-state index contributed by atoms with van der Waals surface area (Å²) in [6.45, 7) is 2.83. The first-order valence-corrected chi connectivity index (χ1v) is 16.1. The van der Waals surface area contributed by atoms with E-state index >= 15 is 0 Å². The van der Waals surface area contributed by atoms with Crippen LogP contribution in [0, 0.1) is 0 Å². The molecule has 0 saturated heterocycles. The number of carbonyl (C=O) groups is 2. The lowest BCUT2D eigenvalue weighted by molar-refractivity contribution is -0.116. The number of amides is 2. The van der Waals surface area contributed by atoms with Gasteiger partial charge in [-0.2, -0.15) is 11.8 Å². The van der Waals surface area contributed by atoms with E-state index in [4.69, 9.17) is 0 Å². The van der Waals surface area contributed by atoms with E-state index in [1.165, 1.54) is 37.4 Å². The average Bonchev–Trinajstić information content (AvgIpc) is 2.86. The smallest absolute Gasteiger partial charge is 0.251 e. The molecular weight excluding hydrogens is 492 g/mol. The standard InChI is InChI=1S/C28H48N2O4S2/c1-4-5-6-7-8-12-23(31)13-9-14-24(32)15-10-16-27(33)30-25-21-22(17-18-26(25)36-3)28(34)29-19-11-20-35-2/h17-18,21,23-24,31-32H,4-16,19-20H2,1-3H3,(H,29,34)(H,30,33). The van der Waals surface area contributed by atoms with Gasteiger partial charge in [0.2, 0.25) is 5.91 Å². The largest absolute Gasteiger partial charge is 0.393 e. The number of aliphatic hydroxyl groups is 2. The molecule has 2 atom stereocenters. The molecule has 206 valence electrons. The maximum Gasteiger partial charge on any atom is 0.251 e. The van der Waals surface area contributed by atoms with Gasteiger partial charge in [-0.15, -0.1) is 11.8 Å². The molecule has 0 saturated carbocycles. The van der Waals surface area contributed by atoms with Crippen molar-refractivity contribution in [1.82, 2.24) is 5.32 Å². The quantitative estimate of drug-likeness (QED) is 0.109. The van der Waals surface area contributed by atoms with Crippen molar-refractivity contribution in [3.8, 4) is 0 Å². The SMILES string of the molecule is CCCCCCCC(O)CCCC(O)CCCC(=O)Nc1cc(C(=O)NCCCSC)ccc1SC. The molecule has 6 nitrogen and oxygen atoms in total. The third-order valence-electron chi connectivity index (χ3n) is 6.20. The average molecular weight is 541 g/mol. The Morgan fingerprint density at radius 1 is 0.889 bits per heavy atom. The zero-order valence-corrected chi connectivity index (χ0v) is 24.2. The second kappa shape index (κ2) is 20.8. The predicted octanol–water partition coefficient (Wildman–Crippen LogP) is 6.25. The van der Waals surface area contributed by atoms with Gasteiger partial charge in [-0.3, -0.25) is 9.59 Å². The maximum absolute atomic E-state index is 12.5. The van der Waals surface area contributed by atoms with Gasteiger partial charge in [-0.05, 0) is 81.4 Å². The van der Waals surface area contributed by atoms with E-state index in [2.05, 4.69) is 17.6 Å². The Morgan fingerprint density at radius 2 is 1.56 bits per heavy atom. The summed E-state index contributed by atoms with van der Waals surface area (Å²) in [5.74, 6) is 0.751. The van der Waals surface area contributed by atoms with Gasteiger partial charge in [0, 0.05) is 23.4 Å². The number of rotatable bonds is 21.